The monoisotopic (exact) mass is 255 g/mol. The maximum atomic E-state index is 11.0. The molecule has 5 nitrogen and oxygen atoms in total. The first-order chi connectivity index (χ1) is 9.18. The number of rotatable bonds is 4. The number of carboxylic acid groups (broad SMARTS) is 1. The van der Waals surface area contributed by atoms with Gasteiger partial charge in [0.1, 0.15) is 0 Å². The molecule has 0 atom stereocenters. The second kappa shape index (κ2) is 5.77. The summed E-state index contributed by atoms with van der Waals surface area (Å²) in [7, 11) is 0. The third-order valence-electron chi connectivity index (χ3n) is 2.58. The standard InChI is InChI=1S/C14H13N3O2/c1-10(11-5-4-8-15-9-11)16-17-13-7-3-2-6-12(13)14(18)19/h2-9,17H,1H3,(H,18,19)/b16-10-. The van der Waals surface area contributed by atoms with Crippen molar-refractivity contribution in [2.45, 2.75) is 6.92 Å². The van der Waals surface area contributed by atoms with Gasteiger partial charge in [0.15, 0.2) is 0 Å². The summed E-state index contributed by atoms with van der Waals surface area (Å²) in [6.07, 6.45) is 3.38. The van der Waals surface area contributed by atoms with E-state index in [9.17, 15) is 4.79 Å². The second-order valence-electron chi connectivity index (χ2n) is 3.90. The van der Waals surface area contributed by atoms with Crippen LogP contribution in [0.3, 0.4) is 0 Å². The Labute approximate surface area is 110 Å². The quantitative estimate of drug-likeness (QED) is 0.650. The van der Waals surface area contributed by atoms with Gasteiger partial charge in [0.25, 0.3) is 0 Å². The Kier molecular flexibility index (Phi) is 3.87. The minimum absolute atomic E-state index is 0.185. The molecular weight excluding hydrogens is 242 g/mol. The van der Waals surface area contributed by atoms with Crippen molar-refractivity contribution in [2.24, 2.45) is 5.10 Å². The van der Waals surface area contributed by atoms with Crippen molar-refractivity contribution in [3.05, 3.63) is 59.9 Å². The number of hydrazone groups is 1. The first kappa shape index (κ1) is 12.8. The minimum Gasteiger partial charge on any atom is -0.478 e. The molecule has 0 fully saturated rings. The molecule has 0 saturated carbocycles. The molecule has 1 heterocycles. The highest BCUT2D eigenvalue weighted by molar-refractivity contribution is 5.99. The van der Waals surface area contributed by atoms with Gasteiger partial charge in [-0.05, 0) is 25.1 Å². The summed E-state index contributed by atoms with van der Waals surface area (Å²) in [6, 6.07) is 10.3. The number of hydrogen-bond donors (Lipinski definition) is 2. The molecule has 0 bridgehead atoms. The molecular formula is C14H13N3O2. The van der Waals surface area contributed by atoms with Crippen LogP contribution in [0, 0.1) is 0 Å². The number of anilines is 1. The third kappa shape index (κ3) is 3.16. The molecule has 5 heteroatoms. The van der Waals surface area contributed by atoms with Crippen molar-refractivity contribution < 1.29 is 9.90 Å². The number of para-hydroxylation sites is 1. The zero-order valence-corrected chi connectivity index (χ0v) is 10.4. The predicted molar refractivity (Wildman–Crippen MR) is 73.5 cm³/mol. The van der Waals surface area contributed by atoms with Gasteiger partial charge in [-0.25, -0.2) is 4.79 Å². The number of aromatic carboxylic acids is 1. The molecule has 1 aromatic heterocycles. The fourth-order valence-corrected chi connectivity index (χ4v) is 1.55. The van der Waals surface area contributed by atoms with Gasteiger partial charge >= 0.3 is 5.97 Å². The number of benzene rings is 1. The lowest BCUT2D eigenvalue weighted by Crippen LogP contribution is -2.04. The number of carbonyl (C=O) groups is 1. The molecule has 19 heavy (non-hydrogen) atoms. The Morgan fingerprint density at radius 1 is 1.26 bits per heavy atom. The Balaban J connectivity index is 2.21. The summed E-state index contributed by atoms with van der Waals surface area (Å²) in [4.78, 5) is 15.0. The van der Waals surface area contributed by atoms with Crippen molar-refractivity contribution in [1.29, 1.82) is 0 Å². The molecule has 0 spiro atoms. The highest BCUT2D eigenvalue weighted by Crippen LogP contribution is 2.15. The van der Waals surface area contributed by atoms with E-state index in [-0.39, 0.29) is 5.56 Å². The molecule has 0 unspecified atom stereocenters. The van der Waals surface area contributed by atoms with E-state index in [1.807, 2.05) is 19.1 Å². The van der Waals surface area contributed by atoms with E-state index in [2.05, 4.69) is 15.5 Å². The van der Waals surface area contributed by atoms with E-state index in [1.165, 1.54) is 6.07 Å². The Hall–Kier alpha value is -2.69. The summed E-state index contributed by atoms with van der Waals surface area (Å²) in [5, 5.41) is 13.2. The van der Waals surface area contributed by atoms with Crippen LogP contribution in [0.5, 0.6) is 0 Å². The van der Waals surface area contributed by atoms with Crippen molar-refractivity contribution in [1.82, 2.24) is 4.98 Å². The van der Waals surface area contributed by atoms with Crippen LogP contribution in [0.25, 0.3) is 0 Å². The van der Waals surface area contributed by atoms with Gasteiger partial charge in [-0.3, -0.25) is 10.4 Å². The predicted octanol–water partition coefficient (Wildman–Crippen LogP) is 2.62. The van der Waals surface area contributed by atoms with Crippen LogP contribution in [0.4, 0.5) is 5.69 Å². The van der Waals surface area contributed by atoms with Crippen LogP contribution < -0.4 is 5.43 Å². The lowest BCUT2D eigenvalue weighted by Gasteiger charge is -2.06. The van der Waals surface area contributed by atoms with E-state index in [4.69, 9.17) is 5.11 Å². The van der Waals surface area contributed by atoms with Crippen LogP contribution in [-0.4, -0.2) is 21.8 Å². The summed E-state index contributed by atoms with van der Waals surface area (Å²) < 4.78 is 0. The Bertz CT molecular complexity index is 609. The summed E-state index contributed by atoms with van der Waals surface area (Å²) in [5.74, 6) is -0.989. The molecule has 0 aliphatic heterocycles. The van der Waals surface area contributed by atoms with E-state index in [1.54, 1.807) is 30.6 Å². The molecule has 0 saturated heterocycles. The second-order valence-corrected chi connectivity index (χ2v) is 3.90. The molecule has 96 valence electrons. The SMILES string of the molecule is C/C(=N/Nc1ccccc1C(=O)O)c1cccnc1. The molecule has 0 amide bonds. The summed E-state index contributed by atoms with van der Waals surface area (Å²) >= 11 is 0. The van der Waals surface area contributed by atoms with Crippen LogP contribution in [0.1, 0.15) is 22.8 Å². The van der Waals surface area contributed by atoms with E-state index in [0.717, 1.165) is 11.3 Å². The van der Waals surface area contributed by atoms with E-state index >= 15 is 0 Å². The number of nitrogens with one attached hydrogen (secondary N) is 1. The van der Waals surface area contributed by atoms with Gasteiger partial charge in [0, 0.05) is 18.0 Å². The van der Waals surface area contributed by atoms with E-state index < -0.39 is 5.97 Å². The summed E-state index contributed by atoms with van der Waals surface area (Å²) in [5.41, 5.74) is 5.02. The Morgan fingerprint density at radius 3 is 2.74 bits per heavy atom. The number of pyridine rings is 1. The number of hydrogen-bond acceptors (Lipinski definition) is 4. The van der Waals surface area contributed by atoms with Crippen molar-refractivity contribution in [2.75, 3.05) is 5.43 Å². The van der Waals surface area contributed by atoms with Gasteiger partial charge in [0.2, 0.25) is 0 Å². The zero-order chi connectivity index (χ0) is 13.7. The van der Waals surface area contributed by atoms with Crippen LogP contribution >= 0.6 is 0 Å². The van der Waals surface area contributed by atoms with Gasteiger partial charge in [-0.15, -0.1) is 0 Å². The van der Waals surface area contributed by atoms with E-state index in [0.29, 0.717) is 5.69 Å². The molecule has 2 rings (SSSR count). The van der Waals surface area contributed by atoms with Gasteiger partial charge < -0.3 is 5.11 Å². The highest BCUT2D eigenvalue weighted by Gasteiger charge is 2.08. The molecule has 2 N–H and O–H groups in total. The Morgan fingerprint density at radius 2 is 2.05 bits per heavy atom. The van der Waals surface area contributed by atoms with Gasteiger partial charge in [-0.2, -0.15) is 5.10 Å². The van der Waals surface area contributed by atoms with Crippen molar-refractivity contribution in [3.8, 4) is 0 Å². The molecule has 2 aromatic rings. The summed E-state index contributed by atoms with van der Waals surface area (Å²) in [6.45, 7) is 1.83. The fourth-order valence-electron chi connectivity index (χ4n) is 1.55. The largest absolute Gasteiger partial charge is 0.478 e. The van der Waals surface area contributed by atoms with Crippen molar-refractivity contribution in [3.63, 3.8) is 0 Å². The molecule has 1 aromatic carbocycles. The number of carboxylic acids is 1. The number of aromatic nitrogens is 1. The van der Waals surface area contributed by atoms with Crippen LogP contribution in [0.2, 0.25) is 0 Å². The first-order valence-corrected chi connectivity index (χ1v) is 5.71. The lowest BCUT2D eigenvalue weighted by atomic mass is 10.2. The molecule has 0 aliphatic rings. The average molecular weight is 255 g/mol. The normalized spacial score (nSPS) is 11.1. The zero-order valence-electron chi connectivity index (χ0n) is 10.4. The van der Waals surface area contributed by atoms with Crippen molar-refractivity contribution >= 4 is 17.4 Å². The smallest absolute Gasteiger partial charge is 0.337 e. The lowest BCUT2D eigenvalue weighted by molar-refractivity contribution is 0.0698. The van der Waals surface area contributed by atoms with Gasteiger partial charge in [0.05, 0.1) is 17.0 Å². The fraction of sp³-hybridized carbons (Fsp3) is 0.0714. The first-order valence-electron chi connectivity index (χ1n) is 5.71. The topological polar surface area (TPSA) is 74.6 Å². The molecule has 0 aliphatic carbocycles. The van der Waals surface area contributed by atoms with Crippen LogP contribution in [-0.2, 0) is 0 Å². The average Bonchev–Trinajstić information content (AvgIpc) is 2.46. The van der Waals surface area contributed by atoms with Gasteiger partial charge in [-0.1, -0.05) is 18.2 Å². The maximum Gasteiger partial charge on any atom is 0.337 e. The number of nitrogens with zero attached hydrogens (tertiary/aromatic N) is 2. The van der Waals surface area contributed by atoms with Crippen LogP contribution in [0.15, 0.2) is 53.9 Å². The highest BCUT2D eigenvalue weighted by atomic mass is 16.4. The molecule has 0 radical (unpaired) electrons. The minimum atomic E-state index is -0.989. The third-order valence-corrected chi connectivity index (χ3v) is 2.58. The maximum absolute atomic E-state index is 11.0.